The first kappa shape index (κ1) is 18.1. The number of aromatic nitrogens is 1. The minimum atomic E-state index is -2.93. The maximum absolute atomic E-state index is 11.6. The number of pyridine rings is 1. The molecule has 0 radical (unpaired) electrons. The lowest BCUT2D eigenvalue weighted by Gasteiger charge is -2.30. The van der Waals surface area contributed by atoms with Crippen molar-refractivity contribution in [1.82, 2.24) is 10.3 Å². The Hall–Kier alpha value is -1.66. The van der Waals surface area contributed by atoms with Crippen molar-refractivity contribution in [3.63, 3.8) is 0 Å². The van der Waals surface area contributed by atoms with Crippen molar-refractivity contribution in [2.45, 2.75) is 32.7 Å². The van der Waals surface area contributed by atoms with Gasteiger partial charge in [0.25, 0.3) is 0 Å². The van der Waals surface area contributed by atoms with Crippen LogP contribution in [-0.2, 0) is 16.4 Å². The minimum absolute atomic E-state index is 0.184. The molecule has 0 aliphatic carbocycles. The third-order valence-corrected chi connectivity index (χ3v) is 6.49. The van der Waals surface area contributed by atoms with Gasteiger partial charge in [-0.2, -0.15) is 0 Å². The average molecular weight is 362 g/mol. The molecule has 2 aromatic rings. The van der Waals surface area contributed by atoms with Crippen LogP contribution in [0.4, 0.5) is 5.82 Å². The number of hydrogen-bond acceptors (Lipinski definition) is 5. The molecule has 1 aliphatic heterocycles. The van der Waals surface area contributed by atoms with Crippen LogP contribution in [0.15, 0.2) is 30.3 Å². The molecule has 1 aromatic carbocycles. The normalized spacial score (nSPS) is 15.6. The Bertz CT molecular complexity index is 815. The number of hydrogen-bond donors (Lipinski definition) is 1. The lowest BCUT2D eigenvalue weighted by molar-refractivity contribution is 0.570. The van der Waals surface area contributed by atoms with E-state index in [2.05, 4.69) is 22.3 Å². The van der Waals surface area contributed by atoms with Gasteiger partial charge in [-0.1, -0.05) is 25.1 Å². The Labute approximate surface area is 150 Å². The number of nitrogens with one attached hydrogen (secondary N) is 1. The van der Waals surface area contributed by atoms with Gasteiger partial charge in [0.2, 0.25) is 0 Å². The van der Waals surface area contributed by atoms with Gasteiger partial charge in [0.1, 0.15) is 5.82 Å². The van der Waals surface area contributed by atoms with Gasteiger partial charge in [0, 0.05) is 42.9 Å². The predicted octanol–water partition coefficient (Wildman–Crippen LogP) is 2.75. The lowest BCUT2D eigenvalue weighted by atomic mass is 10.1. The van der Waals surface area contributed by atoms with E-state index in [1.807, 2.05) is 18.2 Å². The zero-order valence-electron chi connectivity index (χ0n) is 14.9. The van der Waals surface area contributed by atoms with Crippen molar-refractivity contribution in [3.8, 4) is 0 Å². The van der Waals surface area contributed by atoms with E-state index < -0.39 is 9.84 Å². The third kappa shape index (κ3) is 4.70. The summed E-state index contributed by atoms with van der Waals surface area (Å²) in [6.45, 7) is 4.90. The molecular formula is C19H27N3O2S. The summed E-state index contributed by atoms with van der Waals surface area (Å²) < 4.78 is 23.3. The fourth-order valence-corrected chi connectivity index (χ4v) is 4.00. The first-order valence-corrected chi connectivity index (χ1v) is 11.0. The highest BCUT2D eigenvalue weighted by atomic mass is 32.2. The van der Waals surface area contributed by atoms with E-state index in [1.54, 1.807) is 6.92 Å². The number of rotatable bonds is 7. The summed E-state index contributed by atoms with van der Waals surface area (Å²) in [7, 11) is -2.93. The van der Waals surface area contributed by atoms with Crippen LogP contribution < -0.4 is 10.2 Å². The smallest absolute Gasteiger partial charge is 0.151 e. The van der Waals surface area contributed by atoms with Crippen LogP contribution >= 0.6 is 0 Å². The molecule has 5 nitrogen and oxygen atoms in total. The third-order valence-electron chi connectivity index (χ3n) is 4.78. The molecule has 0 unspecified atom stereocenters. The highest BCUT2D eigenvalue weighted by molar-refractivity contribution is 7.91. The van der Waals surface area contributed by atoms with Crippen LogP contribution in [0.2, 0.25) is 0 Å². The molecule has 1 aliphatic rings. The van der Waals surface area contributed by atoms with E-state index in [0.717, 1.165) is 35.4 Å². The van der Waals surface area contributed by atoms with Gasteiger partial charge in [-0.05, 0) is 31.4 Å². The monoisotopic (exact) mass is 361 g/mol. The summed E-state index contributed by atoms with van der Waals surface area (Å²) in [5.41, 5.74) is 2.16. The van der Waals surface area contributed by atoms with Crippen LogP contribution in [0, 0.1) is 0 Å². The number of benzene rings is 1. The van der Waals surface area contributed by atoms with Gasteiger partial charge in [-0.15, -0.1) is 0 Å². The van der Waals surface area contributed by atoms with E-state index in [-0.39, 0.29) is 11.5 Å². The van der Waals surface area contributed by atoms with Crippen LogP contribution in [-0.4, -0.2) is 44.5 Å². The second-order valence-corrected chi connectivity index (χ2v) is 9.10. The summed E-state index contributed by atoms with van der Waals surface area (Å²) in [5, 5.41) is 4.42. The van der Waals surface area contributed by atoms with Crippen molar-refractivity contribution >= 4 is 26.6 Å². The molecule has 0 spiro atoms. The Morgan fingerprint density at radius 3 is 2.68 bits per heavy atom. The van der Waals surface area contributed by atoms with Crippen LogP contribution in [0.1, 0.15) is 31.7 Å². The van der Waals surface area contributed by atoms with Crippen LogP contribution in [0.5, 0.6) is 0 Å². The molecule has 3 rings (SSSR count). The Morgan fingerprint density at radius 1 is 1.16 bits per heavy atom. The second-order valence-electron chi connectivity index (χ2n) is 6.62. The summed E-state index contributed by atoms with van der Waals surface area (Å²) >= 11 is 0. The fourth-order valence-electron chi connectivity index (χ4n) is 3.25. The van der Waals surface area contributed by atoms with Gasteiger partial charge < -0.3 is 10.2 Å². The number of anilines is 1. The van der Waals surface area contributed by atoms with E-state index in [0.29, 0.717) is 13.1 Å². The molecule has 1 saturated heterocycles. The maximum atomic E-state index is 11.6. The van der Waals surface area contributed by atoms with Crippen molar-refractivity contribution < 1.29 is 8.42 Å². The highest BCUT2D eigenvalue weighted by Crippen LogP contribution is 2.26. The number of nitrogens with zero attached hydrogens (tertiary/aromatic N) is 2. The largest absolute Gasteiger partial charge is 0.356 e. The van der Waals surface area contributed by atoms with E-state index >= 15 is 0 Å². The molecule has 1 aromatic heterocycles. The first-order valence-electron chi connectivity index (χ1n) is 9.14. The van der Waals surface area contributed by atoms with Crippen LogP contribution in [0.25, 0.3) is 10.9 Å². The van der Waals surface area contributed by atoms with Crippen molar-refractivity contribution in [3.05, 3.63) is 35.9 Å². The molecule has 1 fully saturated rings. The van der Waals surface area contributed by atoms with Gasteiger partial charge >= 0.3 is 0 Å². The first-order chi connectivity index (χ1) is 12.1. The molecule has 0 amide bonds. The molecule has 2 heterocycles. The minimum Gasteiger partial charge on any atom is -0.356 e. The zero-order chi connectivity index (χ0) is 17.7. The maximum Gasteiger partial charge on any atom is 0.151 e. The topological polar surface area (TPSA) is 62.3 Å². The summed E-state index contributed by atoms with van der Waals surface area (Å²) in [4.78, 5) is 7.28. The molecule has 0 bridgehead atoms. The molecule has 25 heavy (non-hydrogen) atoms. The number of sulfone groups is 1. The molecule has 0 saturated carbocycles. The van der Waals surface area contributed by atoms with Gasteiger partial charge in [-0.3, -0.25) is 0 Å². The predicted molar refractivity (Wildman–Crippen MR) is 104 cm³/mol. The number of para-hydroxylation sites is 1. The zero-order valence-corrected chi connectivity index (χ0v) is 15.7. The fraction of sp³-hybridized carbons (Fsp3) is 0.526. The Balaban J connectivity index is 1.79. The summed E-state index contributed by atoms with van der Waals surface area (Å²) in [6.07, 6.45) is 3.69. The Morgan fingerprint density at radius 2 is 1.92 bits per heavy atom. The molecular weight excluding hydrogens is 334 g/mol. The quantitative estimate of drug-likeness (QED) is 0.769. The second kappa shape index (κ2) is 8.15. The lowest BCUT2D eigenvalue weighted by Crippen LogP contribution is -2.32. The number of piperidine rings is 1. The van der Waals surface area contributed by atoms with Gasteiger partial charge in [-0.25, -0.2) is 13.4 Å². The highest BCUT2D eigenvalue weighted by Gasteiger charge is 2.17. The summed E-state index contributed by atoms with van der Waals surface area (Å²) in [5.74, 6) is 1.43. The molecule has 6 heteroatoms. The number of fused-ring (bicyclic) bond motifs is 1. The molecule has 1 N–H and O–H groups in total. The van der Waals surface area contributed by atoms with E-state index in [1.165, 1.54) is 19.3 Å². The average Bonchev–Trinajstić information content (AvgIpc) is 2.65. The summed E-state index contributed by atoms with van der Waals surface area (Å²) in [6, 6.07) is 10.4. The van der Waals surface area contributed by atoms with E-state index in [4.69, 9.17) is 4.98 Å². The van der Waals surface area contributed by atoms with Crippen molar-refractivity contribution in [2.24, 2.45) is 0 Å². The van der Waals surface area contributed by atoms with Gasteiger partial charge in [0.05, 0.1) is 11.3 Å². The standard InChI is InChI=1S/C19H27N3O2S/c1-2-25(23,24)13-10-20-15-17-14-16-8-4-5-9-18(16)21-19(17)22-11-6-3-7-12-22/h4-5,8-9,14,20H,2-3,6-7,10-13,15H2,1H3. The SMILES string of the molecule is CCS(=O)(=O)CCNCc1cc2ccccc2nc1N1CCCCC1. The van der Waals surface area contributed by atoms with Gasteiger partial charge in [0.15, 0.2) is 9.84 Å². The van der Waals surface area contributed by atoms with Crippen LogP contribution in [0.3, 0.4) is 0 Å². The molecule has 136 valence electrons. The molecule has 0 atom stereocenters. The van der Waals surface area contributed by atoms with E-state index in [9.17, 15) is 8.42 Å². The Kier molecular flexibility index (Phi) is 5.91. The van der Waals surface area contributed by atoms with Crippen molar-refractivity contribution in [1.29, 1.82) is 0 Å². The van der Waals surface area contributed by atoms with Crippen molar-refractivity contribution in [2.75, 3.05) is 36.0 Å².